The van der Waals surface area contributed by atoms with E-state index in [2.05, 4.69) is 20.3 Å². The molecule has 0 bridgehead atoms. The zero-order valence-corrected chi connectivity index (χ0v) is 16.9. The van der Waals surface area contributed by atoms with Crippen LogP contribution in [-0.2, 0) is 6.18 Å². The summed E-state index contributed by atoms with van der Waals surface area (Å²) in [6, 6.07) is 9.85. The van der Waals surface area contributed by atoms with E-state index in [0.717, 1.165) is 12.3 Å². The number of benzene rings is 1. The quantitative estimate of drug-likeness (QED) is 0.453. The molecule has 3 heterocycles. The first kappa shape index (κ1) is 21.5. The minimum absolute atomic E-state index is 0.0501. The highest BCUT2D eigenvalue weighted by atomic mass is 35.5. The van der Waals surface area contributed by atoms with Crippen molar-refractivity contribution in [2.45, 2.75) is 12.2 Å². The standard InChI is InChI=1S/C22H14ClF3N4O2/c23-15-4-5-17-13(9-15)8-14(11-28-17)19(20-16(22(24,25)26)2-1-7-27-20)30-21(32)12-3-6-18(31)29-10-12/h1-11,19H,(H,29,31)(H,30,32)/t19-/m0/s1. The van der Waals surface area contributed by atoms with Gasteiger partial charge in [0.25, 0.3) is 5.91 Å². The van der Waals surface area contributed by atoms with Crippen LogP contribution in [0.4, 0.5) is 13.2 Å². The topological polar surface area (TPSA) is 88.0 Å². The minimum Gasteiger partial charge on any atom is -0.493 e. The molecule has 0 fully saturated rings. The fourth-order valence-corrected chi connectivity index (χ4v) is 3.39. The monoisotopic (exact) mass is 458 g/mol. The number of alkyl halides is 3. The average Bonchev–Trinajstić information content (AvgIpc) is 2.76. The van der Waals surface area contributed by atoms with Gasteiger partial charge in [-0.15, -0.1) is 0 Å². The molecule has 2 N–H and O–H groups in total. The molecule has 0 aliphatic carbocycles. The molecule has 32 heavy (non-hydrogen) atoms. The lowest BCUT2D eigenvalue weighted by molar-refractivity contribution is -0.138. The van der Waals surface area contributed by atoms with Gasteiger partial charge in [-0.2, -0.15) is 13.2 Å². The molecule has 4 rings (SSSR count). The summed E-state index contributed by atoms with van der Waals surface area (Å²) in [5, 5.41) is 12.9. The summed E-state index contributed by atoms with van der Waals surface area (Å²) >= 11 is 6.04. The van der Waals surface area contributed by atoms with Gasteiger partial charge in [0.1, 0.15) is 0 Å². The Labute approximate surface area is 184 Å². The first-order chi connectivity index (χ1) is 15.2. The lowest BCUT2D eigenvalue weighted by Crippen LogP contribution is -2.31. The summed E-state index contributed by atoms with van der Waals surface area (Å²) in [5.74, 6) is -0.995. The molecule has 1 aromatic carbocycles. The van der Waals surface area contributed by atoms with Gasteiger partial charge in [-0.25, -0.2) is 4.98 Å². The van der Waals surface area contributed by atoms with Crippen molar-refractivity contribution >= 4 is 28.4 Å². The van der Waals surface area contributed by atoms with E-state index in [0.29, 0.717) is 15.9 Å². The molecule has 1 atom stereocenters. The van der Waals surface area contributed by atoms with E-state index in [1.54, 1.807) is 24.3 Å². The van der Waals surface area contributed by atoms with Gasteiger partial charge < -0.3 is 10.4 Å². The molecule has 0 saturated heterocycles. The molecule has 1 amide bonds. The summed E-state index contributed by atoms with van der Waals surface area (Å²) in [7, 11) is 0. The van der Waals surface area contributed by atoms with E-state index < -0.39 is 23.7 Å². The van der Waals surface area contributed by atoms with Gasteiger partial charge in [-0.05, 0) is 48.0 Å². The van der Waals surface area contributed by atoms with E-state index in [9.17, 15) is 23.1 Å². The highest BCUT2D eigenvalue weighted by Gasteiger charge is 2.37. The van der Waals surface area contributed by atoms with Crippen LogP contribution in [-0.4, -0.2) is 26.0 Å². The number of hydrogen-bond acceptors (Lipinski definition) is 5. The second kappa shape index (κ2) is 8.43. The maximum absolute atomic E-state index is 13.7. The number of pyridine rings is 3. The Bertz CT molecular complexity index is 1300. The van der Waals surface area contributed by atoms with Crippen LogP contribution < -0.4 is 5.32 Å². The third-order valence-electron chi connectivity index (χ3n) is 4.70. The van der Waals surface area contributed by atoms with Gasteiger partial charge in [0.2, 0.25) is 5.88 Å². The zero-order valence-electron chi connectivity index (χ0n) is 16.1. The van der Waals surface area contributed by atoms with Crippen LogP contribution in [0.15, 0.2) is 67.1 Å². The fourth-order valence-electron chi connectivity index (χ4n) is 3.21. The summed E-state index contributed by atoms with van der Waals surface area (Å²) in [4.78, 5) is 24.7. The third kappa shape index (κ3) is 4.47. The van der Waals surface area contributed by atoms with E-state index >= 15 is 0 Å². The van der Waals surface area contributed by atoms with Crippen molar-refractivity contribution in [3.8, 4) is 5.88 Å². The van der Waals surface area contributed by atoms with Crippen molar-refractivity contribution in [1.82, 2.24) is 20.3 Å². The SMILES string of the molecule is O=C(N[C@@H](c1cnc2ccc(Cl)cc2c1)c1ncccc1C(F)(F)F)c1ccc(O)nc1. The van der Waals surface area contributed by atoms with Crippen LogP contribution in [0.2, 0.25) is 5.02 Å². The molecule has 162 valence electrons. The second-order valence-electron chi connectivity index (χ2n) is 6.85. The molecule has 6 nitrogen and oxygen atoms in total. The molecule has 0 aliphatic rings. The van der Waals surface area contributed by atoms with E-state index in [-0.39, 0.29) is 22.7 Å². The highest BCUT2D eigenvalue weighted by molar-refractivity contribution is 6.31. The highest BCUT2D eigenvalue weighted by Crippen LogP contribution is 2.36. The maximum atomic E-state index is 13.7. The fraction of sp³-hybridized carbons (Fsp3) is 0.0909. The van der Waals surface area contributed by atoms with Crippen LogP contribution in [0.25, 0.3) is 10.9 Å². The summed E-state index contributed by atoms with van der Waals surface area (Å²) < 4.78 is 41.1. The van der Waals surface area contributed by atoms with Crippen molar-refractivity contribution in [1.29, 1.82) is 0 Å². The molecule has 0 saturated carbocycles. The van der Waals surface area contributed by atoms with Gasteiger partial charge >= 0.3 is 6.18 Å². The van der Waals surface area contributed by atoms with Crippen molar-refractivity contribution in [3.05, 3.63) is 94.5 Å². The Morgan fingerprint density at radius 3 is 2.56 bits per heavy atom. The second-order valence-corrected chi connectivity index (χ2v) is 7.29. The molecular formula is C22H14ClF3N4O2. The number of fused-ring (bicyclic) bond motifs is 1. The molecule has 3 aromatic heterocycles. The van der Waals surface area contributed by atoms with Crippen LogP contribution in [0, 0.1) is 0 Å². The number of hydrogen-bond donors (Lipinski definition) is 2. The smallest absolute Gasteiger partial charge is 0.418 e. The average molecular weight is 459 g/mol. The van der Waals surface area contributed by atoms with E-state index in [1.165, 1.54) is 30.6 Å². The van der Waals surface area contributed by atoms with Crippen LogP contribution in [0.5, 0.6) is 5.88 Å². The van der Waals surface area contributed by atoms with Crippen LogP contribution in [0.3, 0.4) is 0 Å². The Morgan fingerprint density at radius 1 is 1.03 bits per heavy atom. The van der Waals surface area contributed by atoms with Crippen molar-refractivity contribution < 1.29 is 23.1 Å². The van der Waals surface area contributed by atoms with Crippen LogP contribution >= 0.6 is 11.6 Å². The van der Waals surface area contributed by atoms with Gasteiger partial charge in [0, 0.05) is 35.1 Å². The Morgan fingerprint density at radius 2 is 1.84 bits per heavy atom. The van der Waals surface area contributed by atoms with E-state index in [4.69, 9.17) is 11.6 Å². The third-order valence-corrected chi connectivity index (χ3v) is 4.94. The molecule has 4 aromatic rings. The predicted octanol–water partition coefficient (Wildman–Crippen LogP) is 4.92. The molecule has 0 unspecified atom stereocenters. The normalized spacial score (nSPS) is 12.5. The first-order valence-corrected chi connectivity index (χ1v) is 9.63. The number of carbonyl (C=O) groups is 1. The number of nitrogens with zero attached hydrogens (tertiary/aromatic N) is 3. The molecule has 10 heteroatoms. The number of aromatic nitrogens is 3. The van der Waals surface area contributed by atoms with Gasteiger partial charge in [0.05, 0.1) is 28.4 Å². The van der Waals surface area contributed by atoms with Gasteiger partial charge in [-0.1, -0.05) is 11.6 Å². The Balaban J connectivity index is 1.84. The minimum atomic E-state index is -4.69. The van der Waals surface area contributed by atoms with Crippen molar-refractivity contribution in [2.75, 3.05) is 0 Å². The number of halogens is 4. The predicted molar refractivity (Wildman–Crippen MR) is 111 cm³/mol. The summed E-state index contributed by atoms with van der Waals surface area (Å²) in [5.41, 5.74) is -0.454. The zero-order chi connectivity index (χ0) is 22.9. The lowest BCUT2D eigenvalue weighted by atomic mass is 9.98. The maximum Gasteiger partial charge on any atom is 0.418 e. The van der Waals surface area contributed by atoms with Gasteiger partial charge in [0.15, 0.2) is 0 Å². The summed E-state index contributed by atoms with van der Waals surface area (Å²) in [6.07, 6.45) is -0.980. The number of amides is 1. The Kier molecular flexibility index (Phi) is 5.67. The largest absolute Gasteiger partial charge is 0.493 e. The molecule has 0 aliphatic heterocycles. The van der Waals surface area contributed by atoms with Crippen molar-refractivity contribution in [3.63, 3.8) is 0 Å². The number of carbonyl (C=O) groups excluding carboxylic acids is 1. The van der Waals surface area contributed by atoms with Crippen molar-refractivity contribution in [2.24, 2.45) is 0 Å². The molecule has 0 spiro atoms. The van der Waals surface area contributed by atoms with Gasteiger partial charge in [-0.3, -0.25) is 14.8 Å². The van der Waals surface area contributed by atoms with Crippen LogP contribution in [0.1, 0.15) is 33.2 Å². The molecular weight excluding hydrogens is 445 g/mol. The first-order valence-electron chi connectivity index (χ1n) is 9.25. The number of rotatable bonds is 4. The lowest BCUT2D eigenvalue weighted by Gasteiger charge is -2.22. The van der Waals surface area contributed by atoms with E-state index in [1.807, 2.05) is 0 Å². The summed E-state index contributed by atoms with van der Waals surface area (Å²) in [6.45, 7) is 0. The molecule has 0 radical (unpaired) electrons. The number of aromatic hydroxyl groups is 1. The Hall–Kier alpha value is -3.72. The number of nitrogens with one attached hydrogen (secondary N) is 1.